The fraction of sp³-hybridized carbons (Fsp3) is 0.379. The molecule has 184 valence electrons. The maximum absolute atomic E-state index is 13.7. The summed E-state index contributed by atoms with van der Waals surface area (Å²) in [7, 11) is 0. The second-order valence-corrected chi connectivity index (χ2v) is 9.95. The summed E-state index contributed by atoms with van der Waals surface area (Å²) < 4.78 is 5.65. The molecule has 1 amide bonds. The molecule has 0 bridgehead atoms. The number of benzene rings is 2. The van der Waals surface area contributed by atoms with Crippen LogP contribution in [-0.4, -0.2) is 33.7 Å². The van der Waals surface area contributed by atoms with Crippen molar-refractivity contribution in [1.29, 1.82) is 0 Å². The van der Waals surface area contributed by atoms with Crippen LogP contribution in [0, 0.1) is 0 Å². The molecule has 0 radical (unpaired) electrons. The molecule has 2 fully saturated rings. The topological polar surface area (TPSA) is 62.1 Å². The molecular formula is C29H34N2O3S. The first-order valence-electron chi connectivity index (χ1n) is 12.5. The average Bonchev–Trinajstić information content (AvgIpc) is 3.17. The molecule has 2 aromatic carbocycles. The maximum atomic E-state index is 13.7. The van der Waals surface area contributed by atoms with Crippen LogP contribution in [0.1, 0.15) is 62.6 Å². The smallest absolute Gasteiger partial charge is 0.267 e. The molecule has 1 aliphatic heterocycles. The molecule has 0 unspecified atom stereocenters. The quantitative estimate of drug-likeness (QED) is 0.319. The zero-order chi connectivity index (χ0) is 24.8. The van der Waals surface area contributed by atoms with E-state index >= 15 is 0 Å². The normalized spacial score (nSPS) is 19.0. The van der Waals surface area contributed by atoms with Gasteiger partial charge in [0.1, 0.15) is 0 Å². The number of amidine groups is 1. The van der Waals surface area contributed by atoms with Crippen molar-refractivity contribution in [1.82, 2.24) is 4.90 Å². The zero-order valence-corrected chi connectivity index (χ0v) is 21.4. The Labute approximate surface area is 212 Å². The lowest BCUT2D eigenvalue weighted by Gasteiger charge is -2.30. The second-order valence-electron chi connectivity index (χ2n) is 8.94. The fourth-order valence-corrected chi connectivity index (χ4v) is 5.70. The third kappa shape index (κ3) is 5.81. The van der Waals surface area contributed by atoms with Crippen LogP contribution in [0.3, 0.4) is 0 Å². The van der Waals surface area contributed by atoms with Gasteiger partial charge in [-0.05, 0) is 85.8 Å². The number of carbonyl (C=O) groups excluding carboxylic acids is 1. The number of phenols is 1. The number of amides is 1. The van der Waals surface area contributed by atoms with Crippen molar-refractivity contribution in [3.05, 3.63) is 70.6 Å². The van der Waals surface area contributed by atoms with Gasteiger partial charge in [-0.2, -0.15) is 0 Å². The summed E-state index contributed by atoms with van der Waals surface area (Å²) in [5, 5.41) is 11.3. The largest absolute Gasteiger partial charge is 0.504 e. The summed E-state index contributed by atoms with van der Waals surface area (Å²) in [4.78, 5) is 21.1. The molecule has 35 heavy (non-hydrogen) atoms. The number of allylic oxidation sites excluding steroid dienone is 1. The Morgan fingerprint density at radius 1 is 1.17 bits per heavy atom. The first-order valence-corrected chi connectivity index (χ1v) is 13.4. The van der Waals surface area contributed by atoms with Crippen LogP contribution in [0.5, 0.6) is 11.5 Å². The number of carbonyl (C=O) groups is 1. The van der Waals surface area contributed by atoms with Crippen molar-refractivity contribution < 1.29 is 14.6 Å². The van der Waals surface area contributed by atoms with E-state index in [2.05, 4.69) is 25.6 Å². The molecule has 6 heteroatoms. The van der Waals surface area contributed by atoms with Gasteiger partial charge in [0.25, 0.3) is 5.91 Å². The molecule has 1 saturated heterocycles. The lowest BCUT2D eigenvalue weighted by molar-refractivity contribution is -0.124. The Morgan fingerprint density at radius 2 is 1.91 bits per heavy atom. The van der Waals surface area contributed by atoms with Gasteiger partial charge in [0.15, 0.2) is 16.7 Å². The van der Waals surface area contributed by atoms with E-state index in [9.17, 15) is 9.90 Å². The van der Waals surface area contributed by atoms with Crippen LogP contribution in [-0.2, 0) is 17.6 Å². The zero-order valence-electron chi connectivity index (χ0n) is 20.6. The monoisotopic (exact) mass is 490 g/mol. The number of nitrogens with zero attached hydrogens (tertiary/aromatic N) is 2. The minimum Gasteiger partial charge on any atom is -0.504 e. The van der Waals surface area contributed by atoms with Crippen LogP contribution in [0.25, 0.3) is 6.08 Å². The molecule has 2 aromatic rings. The predicted octanol–water partition coefficient (Wildman–Crippen LogP) is 7.02. The number of rotatable bonds is 8. The van der Waals surface area contributed by atoms with Crippen molar-refractivity contribution >= 4 is 34.6 Å². The van der Waals surface area contributed by atoms with Crippen LogP contribution >= 0.6 is 11.8 Å². The minimum atomic E-state index is 0.00198. The summed E-state index contributed by atoms with van der Waals surface area (Å²) in [6.45, 7) is 8.25. The van der Waals surface area contributed by atoms with E-state index in [-0.39, 0.29) is 17.7 Å². The Morgan fingerprint density at radius 3 is 2.57 bits per heavy atom. The maximum Gasteiger partial charge on any atom is 0.267 e. The molecule has 1 N–H and O–H groups in total. The standard InChI is InChI=1S/C29H34N2O3S/c1-4-10-22-17-21(18-25(27(22)32)34-6-3)19-26-28(33)31(24-11-8-7-9-12-24)29(35-26)30-23-15-13-20(5-2)14-16-23/h4,13-19,24,32H,1,5-12H2,2-3H3/b26-19+,30-29?. The molecule has 1 heterocycles. The number of phenolic OH excluding ortho intramolecular Hbond substituents is 1. The summed E-state index contributed by atoms with van der Waals surface area (Å²) in [5.41, 5.74) is 3.66. The van der Waals surface area contributed by atoms with Gasteiger partial charge in [-0.3, -0.25) is 9.69 Å². The number of hydrogen-bond donors (Lipinski definition) is 1. The van der Waals surface area contributed by atoms with Gasteiger partial charge in [0.2, 0.25) is 0 Å². The van der Waals surface area contributed by atoms with Gasteiger partial charge < -0.3 is 9.84 Å². The number of aryl methyl sites for hydroxylation is 1. The highest BCUT2D eigenvalue weighted by atomic mass is 32.2. The first-order chi connectivity index (χ1) is 17.0. The summed E-state index contributed by atoms with van der Waals surface area (Å²) in [6.07, 6.45) is 10.6. The van der Waals surface area contributed by atoms with E-state index in [1.165, 1.54) is 23.7 Å². The molecule has 5 nitrogen and oxygen atoms in total. The Balaban J connectivity index is 1.72. The lowest BCUT2D eigenvalue weighted by Crippen LogP contribution is -2.40. The molecule has 0 spiro atoms. The van der Waals surface area contributed by atoms with Crippen LogP contribution in [0.4, 0.5) is 5.69 Å². The Hall–Kier alpha value is -2.99. The van der Waals surface area contributed by atoms with Gasteiger partial charge in [-0.1, -0.05) is 44.4 Å². The number of aliphatic imine (C=N–C) groups is 1. The number of thioether (sulfide) groups is 1. The highest BCUT2D eigenvalue weighted by molar-refractivity contribution is 8.18. The van der Waals surface area contributed by atoms with E-state index in [0.717, 1.165) is 54.1 Å². The van der Waals surface area contributed by atoms with Gasteiger partial charge >= 0.3 is 0 Å². The summed E-state index contributed by atoms with van der Waals surface area (Å²) in [6, 6.07) is 12.1. The Bertz CT molecular complexity index is 1130. The van der Waals surface area contributed by atoms with Gasteiger partial charge in [0, 0.05) is 11.6 Å². The molecule has 4 rings (SSSR count). The van der Waals surface area contributed by atoms with Crippen molar-refractivity contribution in [3.8, 4) is 11.5 Å². The highest BCUT2D eigenvalue weighted by Crippen LogP contribution is 2.40. The van der Waals surface area contributed by atoms with E-state index < -0.39 is 0 Å². The lowest BCUT2D eigenvalue weighted by atomic mass is 9.94. The second kappa shape index (κ2) is 11.6. The van der Waals surface area contributed by atoms with Crippen LogP contribution in [0.2, 0.25) is 0 Å². The van der Waals surface area contributed by atoms with Crippen molar-refractivity contribution in [3.63, 3.8) is 0 Å². The minimum absolute atomic E-state index is 0.00198. The van der Waals surface area contributed by atoms with Gasteiger partial charge in [-0.25, -0.2) is 4.99 Å². The summed E-state index contributed by atoms with van der Waals surface area (Å²) >= 11 is 1.43. The predicted molar refractivity (Wildman–Crippen MR) is 145 cm³/mol. The highest BCUT2D eigenvalue weighted by Gasteiger charge is 2.38. The van der Waals surface area contributed by atoms with Crippen molar-refractivity contribution in [2.24, 2.45) is 4.99 Å². The van der Waals surface area contributed by atoms with E-state index in [1.807, 2.05) is 36.1 Å². The van der Waals surface area contributed by atoms with Crippen molar-refractivity contribution in [2.75, 3.05) is 6.61 Å². The SMILES string of the molecule is C=CCc1cc(/C=C2/SC(=Nc3ccc(CC)cc3)N(C3CCCCC3)C2=O)cc(OCC)c1O. The number of hydrogen-bond acceptors (Lipinski definition) is 5. The summed E-state index contributed by atoms with van der Waals surface area (Å²) in [5.74, 6) is 0.547. The van der Waals surface area contributed by atoms with Crippen molar-refractivity contribution in [2.45, 2.75) is 64.8 Å². The molecule has 0 aromatic heterocycles. The molecule has 1 aliphatic carbocycles. The molecular weight excluding hydrogens is 456 g/mol. The van der Waals surface area contributed by atoms with E-state index in [0.29, 0.717) is 23.7 Å². The van der Waals surface area contributed by atoms with E-state index in [4.69, 9.17) is 9.73 Å². The number of aromatic hydroxyl groups is 1. The molecule has 2 aliphatic rings. The number of ether oxygens (including phenoxy) is 1. The average molecular weight is 491 g/mol. The van der Waals surface area contributed by atoms with Crippen LogP contribution in [0.15, 0.2) is 59.0 Å². The fourth-order valence-electron chi connectivity index (χ4n) is 4.64. The first kappa shape index (κ1) is 25.1. The third-order valence-electron chi connectivity index (χ3n) is 6.48. The molecule has 0 atom stereocenters. The third-order valence-corrected chi connectivity index (χ3v) is 7.47. The molecule has 1 saturated carbocycles. The van der Waals surface area contributed by atoms with Gasteiger partial charge in [0.05, 0.1) is 17.2 Å². The Kier molecular flexibility index (Phi) is 8.34. The van der Waals surface area contributed by atoms with Crippen LogP contribution < -0.4 is 4.74 Å². The van der Waals surface area contributed by atoms with E-state index in [1.54, 1.807) is 12.1 Å². The van der Waals surface area contributed by atoms with Gasteiger partial charge in [-0.15, -0.1) is 6.58 Å².